The third kappa shape index (κ3) is 6.08. The molecule has 0 aliphatic carbocycles. The molecule has 1 heterocycles. The molecule has 3 atom stereocenters. The lowest BCUT2D eigenvalue weighted by molar-refractivity contribution is -0.146. The van der Waals surface area contributed by atoms with Gasteiger partial charge in [0.15, 0.2) is 0 Å². The van der Waals surface area contributed by atoms with Crippen molar-refractivity contribution in [1.82, 2.24) is 9.71 Å². The first kappa shape index (κ1) is 23.0. The van der Waals surface area contributed by atoms with E-state index in [-0.39, 0.29) is 6.61 Å². The molecule has 0 fully saturated rings. The van der Waals surface area contributed by atoms with E-state index in [2.05, 4.69) is 16.3 Å². The van der Waals surface area contributed by atoms with Crippen molar-refractivity contribution in [2.75, 3.05) is 6.61 Å². The molecule has 0 saturated heterocycles. The predicted molar refractivity (Wildman–Crippen MR) is 118 cm³/mol. The number of carbonyl (C=O) groups excluding carboxylic acids is 1. The van der Waals surface area contributed by atoms with Gasteiger partial charge in [0, 0.05) is 6.20 Å². The number of carbonyl (C=O) groups is 1. The van der Waals surface area contributed by atoms with Gasteiger partial charge >= 0.3 is 5.97 Å². The molecular weight excluding hydrogens is 384 g/mol. The van der Waals surface area contributed by atoms with Gasteiger partial charge in [-0.15, -0.1) is 0 Å². The van der Waals surface area contributed by atoms with Crippen molar-refractivity contribution in [1.29, 1.82) is 0 Å². The van der Waals surface area contributed by atoms with Crippen molar-refractivity contribution < 1.29 is 13.7 Å². The summed E-state index contributed by atoms with van der Waals surface area (Å²) >= 11 is 0. The molecule has 1 N–H and O–H groups in total. The SMILES string of the molecule is C=C(c1ccc(C)cc1)[C@H](C(=O)OCC)[C@H](NS(=O)C(C)(C)C)c1ccccn1. The minimum atomic E-state index is -1.42. The summed E-state index contributed by atoms with van der Waals surface area (Å²) in [6.07, 6.45) is 1.65. The number of hydrogen-bond acceptors (Lipinski definition) is 4. The van der Waals surface area contributed by atoms with Crippen molar-refractivity contribution in [3.05, 3.63) is 72.1 Å². The molecule has 0 spiro atoms. The number of aromatic nitrogens is 1. The standard InChI is InChI=1S/C23H30N2O3S/c1-7-28-22(26)20(17(3)18-13-11-16(2)12-14-18)21(19-10-8-9-15-24-19)25-29(27)23(4,5)6/h8-15,20-21,25H,3,7H2,1-2,4-6H3/t20-,21+,29?/m0/s1. The van der Waals surface area contributed by atoms with Crippen LogP contribution in [0.3, 0.4) is 0 Å². The van der Waals surface area contributed by atoms with Crippen LogP contribution in [0.15, 0.2) is 55.2 Å². The summed E-state index contributed by atoms with van der Waals surface area (Å²) in [4.78, 5) is 17.4. The topological polar surface area (TPSA) is 68.3 Å². The van der Waals surface area contributed by atoms with Gasteiger partial charge in [-0.05, 0) is 57.9 Å². The number of benzene rings is 1. The summed E-state index contributed by atoms with van der Waals surface area (Å²) in [5.41, 5.74) is 3.15. The molecule has 1 aromatic carbocycles. The highest BCUT2D eigenvalue weighted by molar-refractivity contribution is 7.84. The summed E-state index contributed by atoms with van der Waals surface area (Å²) in [6, 6.07) is 12.6. The Hall–Kier alpha value is -2.31. The van der Waals surface area contributed by atoms with E-state index in [9.17, 15) is 9.00 Å². The van der Waals surface area contributed by atoms with Crippen LogP contribution in [0.4, 0.5) is 0 Å². The van der Waals surface area contributed by atoms with E-state index in [1.807, 2.05) is 64.1 Å². The average Bonchev–Trinajstić information content (AvgIpc) is 2.68. The zero-order valence-electron chi connectivity index (χ0n) is 17.8. The fourth-order valence-electron chi connectivity index (χ4n) is 2.81. The van der Waals surface area contributed by atoms with Crippen LogP contribution in [0.5, 0.6) is 0 Å². The number of esters is 1. The zero-order chi connectivity index (χ0) is 21.6. The molecular formula is C23H30N2O3S. The first-order valence-electron chi connectivity index (χ1n) is 9.66. The molecule has 6 heteroatoms. The fourth-order valence-corrected chi connectivity index (χ4v) is 3.65. The minimum Gasteiger partial charge on any atom is -0.465 e. The molecule has 1 aromatic heterocycles. The lowest BCUT2D eigenvalue weighted by Crippen LogP contribution is -2.41. The maximum Gasteiger partial charge on any atom is 0.315 e. The molecule has 1 unspecified atom stereocenters. The van der Waals surface area contributed by atoms with Crippen LogP contribution in [0.1, 0.15) is 50.6 Å². The molecule has 0 amide bonds. The van der Waals surface area contributed by atoms with Gasteiger partial charge in [0.2, 0.25) is 0 Å². The predicted octanol–water partition coefficient (Wildman–Crippen LogP) is 4.38. The number of rotatable bonds is 8. The van der Waals surface area contributed by atoms with Crippen molar-refractivity contribution >= 4 is 22.5 Å². The van der Waals surface area contributed by atoms with Crippen LogP contribution >= 0.6 is 0 Å². The number of nitrogens with one attached hydrogen (secondary N) is 1. The maximum absolute atomic E-state index is 13.0. The molecule has 0 aliphatic rings. The lowest BCUT2D eigenvalue weighted by Gasteiger charge is -2.30. The largest absolute Gasteiger partial charge is 0.465 e. The first-order chi connectivity index (χ1) is 13.6. The van der Waals surface area contributed by atoms with E-state index in [0.717, 1.165) is 11.1 Å². The van der Waals surface area contributed by atoms with Gasteiger partial charge in [-0.25, -0.2) is 8.93 Å². The molecule has 156 valence electrons. The maximum atomic E-state index is 13.0. The van der Waals surface area contributed by atoms with Gasteiger partial charge in [0.25, 0.3) is 0 Å². The van der Waals surface area contributed by atoms with Gasteiger partial charge in [-0.1, -0.05) is 42.5 Å². The molecule has 5 nitrogen and oxygen atoms in total. The van der Waals surface area contributed by atoms with Crippen LogP contribution < -0.4 is 4.72 Å². The van der Waals surface area contributed by atoms with Crippen molar-refractivity contribution in [2.24, 2.45) is 5.92 Å². The molecule has 0 radical (unpaired) electrons. The Balaban J connectivity index is 2.53. The third-order valence-corrected chi connectivity index (χ3v) is 6.05. The molecule has 2 rings (SSSR count). The Morgan fingerprint density at radius 3 is 2.38 bits per heavy atom. The highest BCUT2D eigenvalue weighted by Gasteiger charge is 2.37. The van der Waals surface area contributed by atoms with Crippen LogP contribution in [0.2, 0.25) is 0 Å². The summed E-state index contributed by atoms with van der Waals surface area (Å²) in [5, 5.41) is 0. The number of ether oxygens (including phenoxy) is 1. The highest BCUT2D eigenvalue weighted by Crippen LogP contribution is 2.34. The molecule has 2 aromatic rings. The molecule has 0 aliphatic heterocycles. The number of pyridine rings is 1. The summed E-state index contributed by atoms with van der Waals surface area (Å²) in [6.45, 7) is 13.8. The zero-order valence-corrected chi connectivity index (χ0v) is 18.6. The van der Waals surface area contributed by atoms with Crippen molar-refractivity contribution in [3.63, 3.8) is 0 Å². The van der Waals surface area contributed by atoms with E-state index >= 15 is 0 Å². The van der Waals surface area contributed by atoms with Gasteiger partial charge < -0.3 is 4.74 Å². The smallest absolute Gasteiger partial charge is 0.315 e. The summed E-state index contributed by atoms with van der Waals surface area (Å²) < 4.78 is 20.9. The molecule has 29 heavy (non-hydrogen) atoms. The Kier molecular flexibility index (Phi) is 7.88. The Morgan fingerprint density at radius 2 is 1.86 bits per heavy atom. The van der Waals surface area contributed by atoms with E-state index < -0.39 is 33.7 Å². The third-order valence-electron chi connectivity index (χ3n) is 4.47. The first-order valence-corrected chi connectivity index (χ1v) is 10.8. The van der Waals surface area contributed by atoms with Crippen LogP contribution in [0.25, 0.3) is 5.57 Å². The summed E-state index contributed by atoms with van der Waals surface area (Å²) in [5.74, 6) is -1.20. The number of aryl methyl sites for hydroxylation is 1. The molecule has 0 saturated carbocycles. The van der Waals surface area contributed by atoms with E-state index in [4.69, 9.17) is 4.74 Å². The van der Waals surface area contributed by atoms with Gasteiger partial charge in [0.1, 0.15) is 5.92 Å². The Morgan fingerprint density at radius 1 is 1.21 bits per heavy atom. The monoisotopic (exact) mass is 414 g/mol. The van der Waals surface area contributed by atoms with Crippen LogP contribution in [-0.4, -0.2) is 26.5 Å². The van der Waals surface area contributed by atoms with Gasteiger partial charge in [-0.3, -0.25) is 9.78 Å². The second-order valence-corrected chi connectivity index (χ2v) is 9.85. The fraction of sp³-hybridized carbons (Fsp3) is 0.391. The van der Waals surface area contributed by atoms with Crippen LogP contribution in [0, 0.1) is 12.8 Å². The van der Waals surface area contributed by atoms with Crippen LogP contribution in [-0.2, 0) is 20.5 Å². The number of hydrogen-bond donors (Lipinski definition) is 1. The van der Waals surface area contributed by atoms with E-state index in [0.29, 0.717) is 11.3 Å². The van der Waals surface area contributed by atoms with Crippen molar-refractivity contribution in [3.8, 4) is 0 Å². The van der Waals surface area contributed by atoms with Crippen molar-refractivity contribution in [2.45, 2.75) is 45.4 Å². The highest BCUT2D eigenvalue weighted by atomic mass is 32.2. The second kappa shape index (κ2) is 9.94. The van der Waals surface area contributed by atoms with E-state index in [1.54, 1.807) is 19.2 Å². The Bertz CT molecular complexity index is 858. The van der Waals surface area contributed by atoms with E-state index in [1.165, 1.54) is 0 Å². The normalized spacial score (nSPS) is 14.7. The number of nitrogens with zero attached hydrogens (tertiary/aromatic N) is 1. The quantitative estimate of drug-likeness (QED) is 0.651. The summed E-state index contributed by atoms with van der Waals surface area (Å²) in [7, 11) is -1.42. The minimum absolute atomic E-state index is 0.244. The molecule has 0 bridgehead atoms. The van der Waals surface area contributed by atoms with Gasteiger partial charge in [0.05, 0.1) is 34.1 Å². The average molecular weight is 415 g/mol. The second-order valence-electron chi connectivity index (χ2n) is 7.85. The van der Waals surface area contributed by atoms with Gasteiger partial charge in [-0.2, -0.15) is 0 Å². The Labute approximate surface area is 176 Å². The lowest BCUT2D eigenvalue weighted by atomic mass is 9.86.